The van der Waals surface area contributed by atoms with Crippen molar-refractivity contribution in [1.29, 1.82) is 0 Å². The van der Waals surface area contributed by atoms with Gasteiger partial charge in [0.15, 0.2) is 0 Å². The van der Waals surface area contributed by atoms with E-state index in [1.54, 1.807) is 0 Å². The van der Waals surface area contributed by atoms with Crippen LogP contribution in [0.15, 0.2) is 41.0 Å². The molecule has 0 bridgehead atoms. The van der Waals surface area contributed by atoms with Crippen LogP contribution in [-0.2, 0) is 0 Å². The normalized spacial score (nSPS) is 12.2. The monoisotopic (exact) mass is 305 g/mol. The van der Waals surface area contributed by atoms with Crippen molar-refractivity contribution >= 4 is 27.4 Å². The van der Waals surface area contributed by atoms with Gasteiger partial charge in [0.05, 0.1) is 6.04 Å². The lowest BCUT2D eigenvalue weighted by Crippen LogP contribution is -2.08. The molecule has 1 atom stereocenters. The van der Waals surface area contributed by atoms with Crippen LogP contribution >= 0.6 is 15.9 Å². The van der Waals surface area contributed by atoms with Crippen LogP contribution in [0.4, 0.5) is 11.5 Å². The number of pyridine rings is 1. The number of hydrogen-bond donors (Lipinski definition) is 2. The summed E-state index contributed by atoms with van der Waals surface area (Å²) in [5.41, 5.74) is 8.87. The fourth-order valence-electron chi connectivity index (χ4n) is 1.75. The summed E-state index contributed by atoms with van der Waals surface area (Å²) < 4.78 is 1.02. The molecule has 0 amide bonds. The lowest BCUT2D eigenvalue weighted by molar-refractivity contribution is 0.874. The molecule has 0 aliphatic heterocycles. The minimum atomic E-state index is 0.168. The molecule has 3 N–H and O–H groups in total. The third-order valence-electron chi connectivity index (χ3n) is 2.82. The summed E-state index contributed by atoms with van der Waals surface area (Å²) in [4.78, 5) is 4.34. The van der Waals surface area contributed by atoms with Gasteiger partial charge in [0, 0.05) is 16.4 Å². The average molecular weight is 306 g/mol. The van der Waals surface area contributed by atoms with Crippen molar-refractivity contribution < 1.29 is 0 Å². The van der Waals surface area contributed by atoms with Crippen LogP contribution in [0, 0.1) is 6.92 Å². The molecule has 1 heterocycles. The molecular formula is C14H16BrN3. The largest absolute Gasteiger partial charge is 0.399 e. The lowest BCUT2D eigenvalue weighted by Gasteiger charge is -2.16. The number of nitrogen functional groups attached to an aromatic ring is 1. The van der Waals surface area contributed by atoms with Crippen molar-refractivity contribution in [2.45, 2.75) is 19.9 Å². The first kappa shape index (κ1) is 12.9. The predicted octanol–water partition coefficient (Wildman–Crippen LogP) is 3.91. The van der Waals surface area contributed by atoms with Gasteiger partial charge in [0.2, 0.25) is 0 Å². The van der Waals surface area contributed by atoms with Gasteiger partial charge in [-0.05, 0) is 59.1 Å². The fraction of sp³-hybridized carbons (Fsp3) is 0.214. The first-order chi connectivity index (χ1) is 8.56. The first-order valence-corrected chi connectivity index (χ1v) is 6.59. The molecule has 0 saturated carbocycles. The number of aryl methyl sites for hydroxylation is 1. The quantitative estimate of drug-likeness (QED) is 0.845. The molecule has 0 radical (unpaired) electrons. The number of anilines is 2. The molecule has 3 nitrogen and oxygen atoms in total. The lowest BCUT2D eigenvalue weighted by atomic mass is 10.1. The Morgan fingerprint density at radius 3 is 2.78 bits per heavy atom. The Hall–Kier alpha value is -1.55. The number of rotatable bonds is 3. The van der Waals surface area contributed by atoms with Crippen LogP contribution in [0.2, 0.25) is 0 Å². The Morgan fingerprint density at radius 1 is 1.33 bits per heavy atom. The maximum atomic E-state index is 5.78. The van der Waals surface area contributed by atoms with Gasteiger partial charge in [-0.15, -0.1) is 0 Å². The predicted molar refractivity (Wildman–Crippen MR) is 79.6 cm³/mol. The number of nitrogens with zero attached hydrogens (tertiary/aromatic N) is 1. The van der Waals surface area contributed by atoms with E-state index in [0.717, 1.165) is 27.1 Å². The van der Waals surface area contributed by atoms with Crippen molar-refractivity contribution in [2.24, 2.45) is 0 Å². The third kappa shape index (κ3) is 3.01. The van der Waals surface area contributed by atoms with Crippen molar-refractivity contribution in [1.82, 2.24) is 4.98 Å². The molecule has 2 aromatic rings. The Labute approximate surface area is 116 Å². The Bertz CT molecular complexity index is 554. The standard InChI is InChI=1S/C14H16BrN3/c1-9-6-14(17-8-13(9)15)18-10(2)11-4-3-5-12(16)7-11/h3-8,10H,16H2,1-2H3,(H,17,18). The molecule has 0 fully saturated rings. The number of aromatic nitrogens is 1. The summed E-state index contributed by atoms with van der Waals surface area (Å²) in [7, 11) is 0. The highest BCUT2D eigenvalue weighted by Gasteiger charge is 2.07. The zero-order valence-electron chi connectivity index (χ0n) is 10.4. The summed E-state index contributed by atoms with van der Waals surface area (Å²) in [6.45, 7) is 4.13. The Kier molecular flexibility index (Phi) is 3.87. The summed E-state index contributed by atoms with van der Waals surface area (Å²) in [5.74, 6) is 0.866. The van der Waals surface area contributed by atoms with Gasteiger partial charge in [-0.2, -0.15) is 0 Å². The molecule has 0 spiro atoms. The molecule has 94 valence electrons. The van der Waals surface area contributed by atoms with Crippen molar-refractivity contribution in [3.63, 3.8) is 0 Å². The zero-order chi connectivity index (χ0) is 13.1. The van der Waals surface area contributed by atoms with E-state index in [4.69, 9.17) is 5.73 Å². The van der Waals surface area contributed by atoms with Gasteiger partial charge in [-0.25, -0.2) is 4.98 Å². The number of benzene rings is 1. The summed E-state index contributed by atoms with van der Waals surface area (Å²) in [6, 6.07) is 10.1. The van der Waals surface area contributed by atoms with E-state index in [-0.39, 0.29) is 6.04 Å². The maximum absolute atomic E-state index is 5.78. The van der Waals surface area contributed by atoms with E-state index in [2.05, 4.69) is 39.2 Å². The van der Waals surface area contributed by atoms with Crippen LogP contribution in [0.25, 0.3) is 0 Å². The topological polar surface area (TPSA) is 50.9 Å². The van der Waals surface area contributed by atoms with E-state index in [1.807, 2.05) is 37.4 Å². The van der Waals surface area contributed by atoms with Gasteiger partial charge in [-0.1, -0.05) is 12.1 Å². The van der Waals surface area contributed by atoms with E-state index in [9.17, 15) is 0 Å². The van der Waals surface area contributed by atoms with E-state index >= 15 is 0 Å². The van der Waals surface area contributed by atoms with Crippen LogP contribution in [-0.4, -0.2) is 4.98 Å². The summed E-state index contributed by atoms with van der Waals surface area (Å²) in [6.07, 6.45) is 1.81. The minimum absolute atomic E-state index is 0.168. The number of halogens is 1. The number of hydrogen-bond acceptors (Lipinski definition) is 3. The molecule has 2 rings (SSSR count). The fourth-order valence-corrected chi connectivity index (χ4v) is 1.97. The molecule has 1 unspecified atom stereocenters. The molecule has 0 saturated heterocycles. The SMILES string of the molecule is Cc1cc(NC(C)c2cccc(N)c2)ncc1Br. The second-order valence-corrected chi connectivity index (χ2v) is 5.21. The van der Waals surface area contributed by atoms with Crippen LogP contribution in [0.3, 0.4) is 0 Å². The van der Waals surface area contributed by atoms with E-state index < -0.39 is 0 Å². The van der Waals surface area contributed by atoms with Gasteiger partial charge in [-0.3, -0.25) is 0 Å². The van der Waals surface area contributed by atoms with Crippen LogP contribution in [0.5, 0.6) is 0 Å². The van der Waals surface area contributed by atoms with E-state index in [0.29, 0.717) is 0 Å². The van der Waals surface area contributed by atoms with Crippen molar-refractivity contribution in [2.75, 3.05) is 11.1 Å². The van der Waals surface area contributed by atoms with Gasteiger partial charge in [0.1, 0.15) is 5.82 Å². The van der Waals surface area contributed by atoms with Crippen LogP contribution in [0.1, 0.15) is 24.1 Å². The smallest absolute Gasteiger partial charge is 0.126 e. The van der Waals surface area contributed by atoms with Crippen LogP contribution < -0.4 is 11.1 Å². The maximum Gasteiger partial charge on any atom is 0.126 e. The Balaban J connectivity index is 2.16. The second kappa shape index (κ2) is 5.40. The summed E-state index contributed by atoms with van der Waals surface area (Å²) in [5, 5.41) is 3.37. The molecule has 4 heteroatoms. The number of nitrogens with one attached hydrogen (secondary N) is 1. The van der Waals surface area contributed by atoms with Gasteiger partial charge in [0.25, 0.3) is 0 Å². The van der Waals surface area contributed by atoms with E-state index in [1.165, 1.54) is 0 Å². The zero-order valence-corrected chi connectivity index (χ0v) is 12.0. The highest BCUT2D eigenvalue weighted by atomic mass is 79.9. The average Bonchev–Trinajstić information content (AvgIpc) is 2.34. The minimum Gasteiger partial charge on any atom is -0.399 e. The van der Waals surface area contributed by atoms with Crippen molar-refractivity contribution in [3.8, 4) is 0 Å². The molecular weight excluding hydrogens is 290 g/mol. The molecule has 0 aliphatic carbocycles. The number of nitrogens with two attached hydrogens (primary N) is 1. The molecule has 1 aromatic heterocycles. The van der Waals surface area contributed by atoms with Gasteiger partial charge >= 0.3 is 0 Å². The molecule has 1 aromatic carbocycles. The van der Waals surface area contributed by atoms with Crippen molar-refractivity contribution in [3.05, 3.63) is 52.1 Å². The Morgan fingerprint density at radius 2 is 2.11 bits per heavy atom. The third-order valence-corrected chi connectivity index (χ3v) is 3.65. The first-order valence-electron chi connectivity index (χ1n) is 5.80. The highest BCUT2D eigenvalue weighted by Crippen LogP contribution is 2.22. The molecule has 0 aliphatic rings. The van der Waals surface area contributed by atoms with Gasteiger partial charge < -0.3 is 11.1 Å². The second-order valence-electron chi connectivity index (χ2n) is 4.35. The summed E-state index contributed by atoms with van der Waals surface area (Å²) >= 11 is 3.44. The highest BCUT2D eigenvalue weighted by molar-refractivity contribution is 9.10. The molecule has 18 heavy (non-hydrogen) atoms.